The van der Waals surface area contributed by atoms with Crippen molar-refractivity contribution in [2.45, 2.75) is 12.8 Å². The summed E-state index contributed by atoms with van der Waals surface area (Å²) in [7, 11) is 0. The summed E-state index contributed by atoms with van der Waals surface area (Å²) in [5.74, 6) is 0.180. The van der Waals surface area contributed by atoms with Crippen molar-refractivity contribution in [1.82, 2.24) is 10.6 Å². The molecule has 2 aliphatic rings. The molecule has 11 heavy (non-hydrogen) atoms. The van der Waals surface area contributed by atoms with Crippen LogP contribution in [0.2, 0.25) is 0 Å². The average molecular weight is 152 g/mol. The van der Waals surface area contributed by atoms with Gasteiger partial charge in [-0.3, -0.25) is 4.79 Å². The Bertz CT molecular complexity index is 204. The lowest BCUT2D eigenvalue weighted by Crippen LogP contribution is -2.41. The Morgan fingerprint density at radius 3 is 2.64 bits per heavy atom. The summed E-state index contributed by atoms with van der Waals surface area (Å²) < 4.78 is 0. The zero-order valence-corrected chi connectivity index (χ0v) is 6.39. The normalized spacial score (nSPS) is 27.5. The molecule has 0 unspecified atom stereocenters. The van der Waals surface area contributed by atoms with Gasteiger partial charge in [-0.05, 0) is 25.9 Å². The zero-order valence-electron chi connectivity index (χ0n) is 6.39. The minimum Gasteiger partial charge on any atom is -0.332 e. The number of nitrogens with one attached hydrogen (secondary N) is 2. The first-order valence-corrected chi connectivity index (χ1v) is 4.03. The molecular weight excluding hydrogens is 140 g/mol. The maximum atomic E-state index is 11.3. The summed E-state index contributed by atoms with van der Waals surface area (Å²) in [6.45, 7) is 1.91. The summed E-state index contributed by atoms with van der Waals surface area (Å²) in [6, 6.07) is 0. The Labute approximate surface area is 65.9 Å². The monoisotopic (exact) mass is 152 g/mol. The molecule has 1 spiro atoms. The molecule has 0 atom stereocenters. The second-order valence-electron chi connectivity index (χ2n) is 3.21. The van der Waals surface area contributed by atoms with Crippen LogP contribution < -0.4 is 10.6 Å². The van der Waals surface area contributed by atoms with Gasteiger partial charge in [0.15, 0.2) is 0 Å². The number of rotatable bonds is 0. The SMILES string of the molecule is O=C1NC=CC12CCNCC2. The topological polar surface area (TPSA) is 41.1 Å². The van der Waals surface area contributed by atoms with E-state index in [1.165, 1.54) is 0 Å². The van der Waals surface area contributed by atoms with Gasteiger partial charge in [0, 0.05) is 6.20 Å². The van der Waals surface area contributed by atoms with Gasteiger partial charge in [0.05, 0.1) is 5.41 Å². The van der Waals surface area contributed by atoms with E-state index in [-0.39, 0.29) is 11.3 Å². The molecular formula is C8H12N2O. The first kappa shape index (κ1) is 6.85. The molecule has 2 N–H and O–H groups in total. The van der Waals surface area contributed by atoms with Gasteiger partial charge < -0.3 is 10.6 Å². The first-order valence-electron chi connectivity index (χ1n) is 4.03. The highest BCUT2D eigenvalue weighted by molar-refractivity contribution is 5.88. The second kappa shape index (κ2) is 2.34. The van der Waals surface area contributed by atoms with Gasteiger partial charge >= 0.3 is 0 Å². The minimum atomic E-state index is -0.161. The van der Waals surface area contributed by atoms with Gasteiger partial charge in [0.1, 0.15) is 0 Å². The molecule has 1 saturated heterocycles. The van der Waals surface area contributed by atoms with E-state index < -0.39 is 0 Å². The summed E-state index contributed by atoms with van der Waals surface area (Å²) >= 11 is 0. The third-order valence-electron chi connectivity index (χ3n) is 2.56. The van der Waals surface area contributed by atoms with E-state index in [1.807, 2.05) is 6.08 Å². The lowest BCUT2D eigenvalue weighted by molar-refractivity contribution is -0.127. The van der Waals surface area contributed by atoms with Crippen molar-refractivity contribution in [2.75, 3.05) is 13.1 Å². The Morgan fingerprint density at radius 1 is 1.36 bits per heavy atom. The van der Waals surface area contributed by atoms with Gasteiger partial charge in [0.2, 0.25) is 5.91 Å². The van der Waals surface area contributed by atoms with E-state index in [0.717, 1.165) is 25.9 Å². The van der Waals surface area contributed by atoms with E-state index in [1.54, 1.807) is 6.20 Å². The number of carbonyl (C=O) groups excluding carboxylic acids is 1. The molecule has 1 fully saturated rings. The Kier molecular flexibility index (Phi) is 1.46. The van der Waals surface area contributed by atoms with E-state index in [0.29, 0.717) is 0 Å². The van der Waals surface area contributed by atoms with Crippen LogP contribution in [0.15, 0.2) is 12.3 Å². The van der Waals surface area contributed by atoms with Crippen LogP contribution in [0.4, 0.5) is 0 Å². The summed E-state index contributed by atoms with van der Waals surface area (Å²) in [6.07, 6.45) is 5.66. The fourth-order valence-corrected chi connectivity index (χ4v) is 1.76. The Balaban J connectivity index is 2.18. The van der Waals surface area contributed by atoms with Crippen LogP contribution in [0, 0.1) is 5.41 Å². The van der Waals surface area contributed by atoms with Crippen LogP contribution in [0.5, 0.6) is 0 Å². The molecule has 0 bridgehead atoms. The molecule has 0 radical (unpaired) electrons. The smallest absolute Gasteiger partial charge is 0.234 e. The van der Waals surface area contributed by atoms with Gasteiger partial charge in [-0.1, -0.05) is 6.08 Å². The molecule has 1 amide bonds. The largest absolute Gasteiger partial charge is 0.332 e. The lowest BCUT2D eigenvalue weighted by atomic mass is 9.80. The third kappa shape index (κ3) is 0.959. The number of amides is 1. The molecule has 60 valence electrons. The minimum absolute atomic E-state index is 0.161. The van der Waals surface area contributed by atoms with E-state index in [4.69, 9.17) is 0 Å². The predicted octanol–water partition coefficient (Wildman–Crippen LogP) is -0.000300. The molecule has 3 heteroatoms. The molecule has 0 saturated carbocycles. The highest BCUT2D eigenvalue weighted by Gasteiger charge is 2.39. The van der Waals surface area contributed by atoms with Crippen molar-refractivity contribution in [2.24, 2.45) is 5.41 Å². The Morgan fingerprint density at radius 2 is 2.09 bits per heavy atom. The molecule has 2 heterocycles. The molecule has 0 aliphatic carbocycles. The van der Waals surface area contributed by atoms with Crippen molar-refractivity contribution < 1.29 is 4.79 Å². The summed E-state index contributed by atoms with van der Waals surface area (Å²) in [4.78, 5) is 11.3. The van der Waals surface area contributed by atoms with Crippen molar-refractivity contribution >= 4 is 5.91 Å². The summed E-state index contributed by atoms with van der Waals surface area (Å²) in [5, 5.41) is 5.98. The average Bonchev–Trinajstić information content (AvgIpc) is 2.36. The quantitative estimate of drug-likeness (QED) is 0.513. The molecule has 2 aliphatic heterocycles. The highest BCUT2D eigenvalue weighted by atomic mass is 16.2. The van der Waals surface area contributed by atoms with Crippen LogP contribution in [-0.4, -0.2) is 19.0 Å². The standard InChI is InChI=1S/C8H12N2O/c11-7-8(3-6-10-7)1-4-9-5-2-8/h3,6,9H,1-2,4-5H2,(H,10,11). The van der Waals surface area contributed by atoms with Crippen LogP contribution in [0.3, 0.4) is 0 Å². The molecule has 0 aromatic rings. The van der Waals surface area contributed by atoms with Crippen LogP contribution in [0.1, 0.15) is 12.8 Å². The fraction of sp³-hybridized carbons (Fsp3) is 0.625. The van der Waals surface area contributed by atoms with Gasteiger partial charge in [-0.2, -0.15) is 0 Å². The zero-order chi connectivity index (χ0) is 7.73. The van der Waals surface area contributed by atoms with Gasteiger partial charge in [-0.25, -0.2) is 0 Å². The van der Waals surface area contributed by atoms with Crippen molar-refractivity contribution in [3.8, 4) is 0 Å². The number of piperidine rings is 1. The maximum absolute atomic E-state index is 11.3. The lowest BCUT2D eigenvalue weighted by Gasteiger charge is -2.29. The summed E-state index contributed by atoms with van der Waals surface area (Å²) in [5.41, 5.74) is -0.161. The second-order valence-corrected chi connectivity index (χ2v) is 3.21. The molecule has 3 nitrogen and oxygen atoms in total. The maximum Gasteiger partial charge on any atom is 0.234 e. The van der Waals surface area contributed by atoms with Gasteiger partial charge in [0.25, 0.3) is 0 Å². The molecule has 0 aromatic carbocycles. The van der Waals surface area contributed by atoms with E-state index >= 15 is 0 Å². The van der Waals surface area contributed by atoms with Crippen molar-refractivity contribution in [3.05, 3.63) is 12.3 Å². The third-order valence-corrected chi connectivity index (χ3v) is 2.56. The predicted molar refractivity (Wildman–Crippen MR) is 41.8 cm³/mol. The first-order chi connectivity index (χ1) is 5.33. The molecule has 2 rings (SSSR count). The van der Waals surface area contributed by atoms with Crippen LogP contribution >= 0.6 is 0 Å². The van der Waals surface area contributed by atoms with Gasteiger partial charge in [-0.15, -0.1) is 0 Å². The number of hydrogen-bond donors (Lipinski definition) is 2. The van der Waals surface area contributed by atoms with Crippen molar-refractivity contribution in [1.29, 1.82) is 0 Å². The highest BCUT2D eigenvalue weighted by Crippen LogP contribution is 2.32. The number of carbonyl (C=O) groups is 1. The Hall–Kier alpha value is -0.830. The van der Waals surface area contributed by atoms with Crippen molar-refractivity contribution in [3.63, 3.8) is 0 Å². The fourth-order valence-electron chi connectivity index (χ4n) is 1.76. The molecule has 0 aromatic heterocycles. The van der Waals surface area contributed by atoms with Crippen LogP contribution in [0.25, 0.3) is 0 Å². The van der Waals surface area contributed by atoms with Crippen LogP contribution in [-0.2, 0) is 4.79 Å². The van der Waals surface area contributed by atoms with E-state index in [9.17, 15) is 4.79 Å². The number of hydrogen-bond acceptors (Lipinski definition) is 2. The van der Waals surface area contributed by atoms with E-state index in [2.05, 4.69) is 10.6 Å².